The second-order valence-corrected chi connectivity index (χ2v) is 9.16. The summed E-state index contributed by atoms with van der Waals surface area (Å²) in [6, 6.07) is 12.8. The van der Waals surface area contributed by atoms with Crippen molar-refractivity contribution in [2.24, 2.45) is 7.05 Å². The minimum absolute atomic E-state index is 0.0135. The van der Waals surface area contributed by atoms with E-state index in [2.05, 4.69) is 10.6 Å². The maximum Gasteiger partial charge on any atom is 0.270 e. The van der Waals surface area contributed by atoms with Gasteiger partial charge in [-0.05, 0) is 66.8 Å². The molecule has 8 nitrogen and oxygen atoms in total. The fourth-order valence-electron chi connectivity index (χ4n) is 4.43. The number of phenolic OH excluding ortho intramolecular Hbond substituents is 1. The molecule has 3 amide bonds. The van der Waals surface area contributed by atoms with Gasteiger partial charge in [-0.1, -0.05) is 12.1 Å². The number of benzene rings is 2. The van der Waals surface area contributed by atoms with Crippen LogP contribution in [0.4, 0.5) is 4.39 Å². The maximum atomic E-state index is 14.5. The molecular weight excluding hydrogens is 475 g/mol. The third kappa shape index (κ3) is 6.35. The molecular formula is C28H31FN4O4. The van der Waals surface area contributed by atoms with Gasteiger partial charge in [0.1, 0.15) is 17.3 Å². The number of rotatable bonds is 1. The van der Waals surface area contributed by atoms with Crippen molar-refractivity contribution < 1.29 is 23.9 Å². The number of nitrogens with zero attached hydrogens (tertiary/aromatic N) is 2. The zero-order valence-corrected chi connectivity index (χ0v) is 20.8. The lowest BCUT2D eigenvalue weighted by atomic mass is 9.98. The number of phenols is 1. The van der Waals surface area contributed by atoms with E-state index in [9.17, 15) is 23.9 Å². The second-order valence-electron chi connectivity index (χ2n) is 9.16. The van der Waals surface area contributed by atoms with Crippen LogP contribution in [0.1, 0.15) is 45.7 Å². The van der Waals surface area contributed by atoms with E-state index in [0.29, 0.717) is 55.7 Å². The first-order valence-electron chi connectivity index (χ1n) is 12.4. The molecule has 0 radical (unpaired) electrons. The minimum atomic E-state index is -0.661. The van der Waals surface area contributed by atoms with Crippen LogP contribution in [0.15, 0.2) is 54.7 Å². The van der Waals surface area contributed by atoms with Crippen LogP contribution in [0, 0.1) is 5.82 Å². The monoisotopic (exact) mass is 506 g/mol. The highest BCUT2D eigenvalue weighted by atomic mass is 19.1. The highest BCUT2D eigenvalue weighted by molar-refractivity contribution is 5.96. The summed E-state index contributed by atoms with van der Waals surface area (Å²) in [6.45, 7) is 1.41. The number of halogens is 1. The minimum Gasteiger partial charge on any atom is -0.507 e. The van der Waals surface area contributed by atoms with Crippen LogP contribution in [0.5, 0.6) is 5.75 Å². The van der Waals surface area contributed by atoms with Gasteiger partial charge in [0.05, 0.1) is 5.56 Å². The van der Waals surface area contributed by atoms with Gasteiger partial charge >= 0.3 is 0 Å². The predicted molar refractivity (Wildman–Crippen MR) is 138 cm³/mol. The highest BCUT2D eigenvalue weighted by Crippen LogP contribution is 2.31. The first kappa shape index (κ1) is 25.9. The first-order valence-corrected chi connectivity index (χ1v) is 12.4. The molecule has 9 heteroatoms. The van der Waals surface area contributed by atoms with Gasteiger partial charge in [0.15, 0.2) is 0 Å². The quantitative estimate of drug-likeness (QED) is 0.471. The fraction of sp³-hybridized carbons (Fsp3) is 0.321. The molecule has 1 aliphatic heterocycles. The van der Waals surface area contributed by atoms with Crippen LogP contribution in [0.25, 0.3) is 11.1 Å². The molecule has 4 bridgehead atoms. The molecule has 0 atom stereocenters. The van der Waals surface area contributed by atoms with Gasteiger partial charge in [0.2, 0.25) is 5.91 Å². The molecule has 0 unspecified atom stereocenters. The Bertz CT molecular complexity index is 1300. The van der Waals surface area contributed by atoms with Gasteiger partial charge in [0.25, 0.3) is 11.8 Å². The standard InChI is InChI=1S/C28H31FN4O4/c1-32-14-2-5-24(32)28(37)33-15-3-6-26(35)30-13-11-19-7-10-25(34)21(17-19)20-8-9-23(29)22(18-20)27(36)31-12-4-16-33/h2,5,7-10,14,17-18,34H,3-4,6,11-13,15-16H2,1H3,(H,30,35)(H,31,36). The Morgan fingerprint density at radius 2 is 1.76 bits per heavy atom. The largest absolute Gasteiger partial charge is 0.507 e. The Hall–Kier alpha value is -4.14. The van der Waals surface area contributed by atoms with E-state index in [4.69, 9.17) is 0 Å². The first-order chi connectivity index (χ1) is 17.8. The number of aromatic hydroxyl groups is 1. The Balaban J connectivity index is 1.56. The van der Waals surface area contributed by atoms with Gasteiger partial charge in [-0.3, -0.25) is 14.4 Å². The molecule has 0 saturated carbocycles. The molecule has 194 valence electrons. The zero-order valence-electron chi connectivity index (χ0n) is 20.8. The van der Waals surface area contributed by atoms with Crippen molar-refractivity contribution in [3.05, 3.63) is 77.4 Å². The Kier molecular flexibility index (Phi) is 8.22. The van der Waals surface area contributed by atoms with Crippen LogP contribution in [0.2, 0.25) is 0 Å². The number of fused-ring (bicyclic) bond motifs is 5. The summed E-state index contributed by atoms with van der Waals surface area (Å²) < 4.78 is 16.3. The lowest BCUT2D eigenvalue weighted by molar-refractivity contribution is -0.121. The van der Waals surface area contributed by atoms with Crippen molar-refractivity contribution in [1.82, 2.24) is 20.1 Å². The van der Waals surface area contributed by atoms with Crippen LogP contribution >= 0.6 is 0 Å². The molecule has 1 aliphatic rings. The van der Waals surface area contributed by atoms with Crippen molar-refractivity contribution in [3.63, 3.8) is 0 Å². The number of amides is 3. The Labute approximate surface area is 215 Å². The van der Waals surface area contributed by atoms with E-state index in [1.165, 1.54) is 18.2 Å². The van der Waals surface area contributed by atoms with Gasteiger partial charge in [-0.15, -0.1) is 0 Å². The fourth-order valence-corrected chi connectivity index (χ4v) is 4.43. The van der Waals surface area contributed by atoms with Gasteiger partial charge < -0.3 is 25.2 Å². The van der Waals surface area contributed by atoms with Gasteiger partial charge in [-0.2, -0.15) is 0 Å². The van der Waals surface area contributed by atoms with Crippen molar-refractivity contribution >= 4 is 17.7 Å². The van der Waals surface area contributed by atoms with Crippen molar-refractivity contribution in [2.45, 2.75) is 25.7 Å². The molecule has 0 aliphatic carbocycles. The normalized spacial score (nSPS) is 15.7. The summed E-state index contributed by atoms with van der Waals surface area (Å²) in [5, 5.41) is 16.0. The Morgan fingerprint density at radius 3 is 2.54 bits per heavy atom. The van der Waals surface area contributed by atoms with Gasteiger partial charge in [0, 0.05) is 51.4 Å². The van der Waals surface area contributed by atoms with Crippen molar-refractivity contribution in [3.8, 4) is 16.9 Å². The van der Waals surface area contributed by atoms with Crippen LogP contribution in [-0.2, 0) is 18.3 Å². The SMILES string of the molecule is Cn1cccc1C(=O)N1CCCNC(=O)c2cc(ccc2F)-c2cc(ccc2O)CCNC(=O)CCC1. The summed E-state index contributed by atoms with van der Waals surface area (Å²) in [5.41, 5.74) is 2.28. The topological polar surface area (TPSA) is 104 Å². The summed E-state index contributed by atoms with van der Waals surface area (Å²) in [5.74, 6) is -1.46. The van der Waals surface area contributed by atoms with Crippen LogP contribution in [-0.4, -0.2) is 58.5 Å². The van der Waals surface area contributed by atoms with E-state index < -0.39 is 11.7 Å². The molecule has 2 heterocycles. The zero-order chi connectivity index (χ0) is 26.4. The van der Waals surface area contributed by atoms with E-state index in [-0.39, 0.29) is 36.1 Å². The second kappa shape index (κ2) is 11.7. The highest BCUT2D eigenvalue weighted by Gasteiger charge is 2.19. The lowest BCUT2D eigenvalue weighted by Crippen LogP contribution is -2.36. The van der Waals surface area contributed by atoms with E-state index in [1.54, 1.807) is 53.0 Å². The van der Waals surface area contributed by atoms with E-state index in [0.717, 1.165) is 5.56 Å². The van der Waals surface area contributed by atoms with Crippen molar-refractivity contribution in [1.29, 1.82) is 0 Å². The Morgan fingerprint density at radius 1 is 0.946 bits per heavy atom. The number of nitrogens with one attached hydrogen (secondary N) is 2. The third-order valence-electron chi connectivity index (χ3n) is 6.49. The molecule has 0 saturated heterocycles. The molecule has 2 aromatic carbocycles. The number of aryl methyl sites for hydroxylation is 1. The maximum absolute atomic E-state index is 14.5. The molecule has 0 fully saturated rings. The van der Waals surface area contributed by atoms with Crippen LogP contribution < -0.4 is 10.6 Å². The molecule has 3 N–H and O–H groups in total. The van der Waals surface area contributed by atoms with Crippen molar-refractivity contribution in [2.75, 3.05) is 26.2 Å². The molecule has 3 aromatic rings. The number of hydrogen-bond donors (Lipinski definition) is 3. The van der Waals surface area contributed by atoms with E-state index in [1.807, 2.05) is 0 Å². The molecule has 0 spiro atoms. The average molecular weight is 507 g/mol. The summed E-state index contributed by atoms with van der Waals surface area (Å²) >= 11 is 0. The molecule has 37 heavy (non-hydrogen) atoms. The third-order valence-corrected chi connectivity index (χ3v) is 6.49. The lowest BCUT2D eigenvalue weighted by Gasteiger charge is -2.23. The smallest absolute Gasteiger partial charge is 0.270 e. The number of aromatic nitrogens is 1. The predicted octanol–water partition coefficient (Wildman–Crippen LogP) is 3.25. The summed E-state index contributed by atoms with van der Waals surface area (Å²) in [7, 11) is 1.80. The molecule has 1 aromatic heterocycles. The van der Waals surface area contributed by atoms with E-state index >= 15 is 0 Å². The number of carbonyl (C=O) groups excluding carboxylic acids is 3. The summed E-state index contributed by atoms with van der Waals surface area (Å²) in [6.07, 6.45) is 3.56. The number of hydrogen-bond acceptors (Lipinski definition) is 4. The average Bonchev–Trinajstić information content (AvgIpc) is 3.31. The van der Waals surface area contributed by atoms with Crippen LogP contribution in [0.3, 0.4) is 0 Å². The number of carbonyl (C=O) groups is 3. The summed E-state index contributed by atoms with van der Waals surface area (Å²) in [4.78, 5) is 40.0. The van der Waals surface area contributed by atoms with Gasteiger partial charge in [-0.25, -0.2) is 4.39 Å². The molecule has 4 rings (SSSR count).